The number of anilines is 2. The lowest BCUT2D eigenvalue weighted by atomic mass is 10.1. The van der Waals surface area contributed by atoms with Crippen LogP contribution in [0.4, 0.5) is 11.4 Å². The van der Waals surface area contributed by atoms with Crippen molar-refractivity contribution in [2.75, 3.05) is 36.7 Å². The highest BCUT2D eigenvalue weighted by Gasteiger charge is 2.07. The zero-order valence-electron chi connectivity index (χ0n) is 11.6. The van der Waals surface area contributed by atoms with Gasteiger partial charge in [0.05, 0.1) is 24.0 Å². The fraction of sp³-hybridized carbons (Fsp3) is 0.500. The minimum absolute atomic E-state index is 0.365. The number of unbranched alkanes of at least 4 members (excludes halogenated alkanes) is 2. The Balaban J connectivity index is 2.40. The van der Waals surface area contributed by atoms with Crippen LogP contribution < -0.4 is 11.1 Å². The smallest absolute Gasteiger partial charge is 0.337 e. The minimum atomic E-state index is -0.365. The lowest BCUT2D eigenvalue weighted by molar-refractivity contribution is 0.0601. The van der Waals surface area contributed by atoms with E-state index in [4.69, 9.17) is 5.73 Å². The fourth-order valence-electron chi connectivity index (χ4n) is 1.74. The van der Waals surface area contributed by atoms with Crippen molar-refractivity contribution in [3.63, 3.8) is 0 Å². The third-order valence-electron chi connectivity index (χ3n) is 2.81. The van der Waals surface area contributed by atoms with Crippen LogP contribution >= 0.6 is 11.8 Å². The van der Waals surface area contributed by atoms with Crippen LogP contribution in [0.5, 0.6) is 0 Å². The molecule has 0 aliphatic heterocycles. The van der Waals surface area contributed by atoms with E-state index in [0.29, 0.717) is 11.3 Å². The Morgan fingerprint density at radius 1 is 1.37 bits per heavy atom. The fourth-order valence-corrected chi connectivity index (χ4v) is 2.23. The Bertz CT molecular complexity index is 410. The predicted octanol–water partition coefficient (Wildman–Crippen LogP) is 3.00. The van der Waals surface area contributed by atoms with Gasteiger partial charge in [-0.15, -0.1) is 0 Å². The van der Waals surface area contributed by atoms with Crippen molar-refractivity contribution in [1.29, 1.82) is 0 Å². The highest BCUT2D eigenvalue weighted by Crippen LogP contribution is 2.20. The number of carbonyl (C=O) groups excluding carboxylic acids is 1. The lowest BCUT2D eigenvalue weighted by Crippen LogP contribution is -2.07. The summed E-state index contributed by atoms with van der Waals surface area (Å²) in [5.74, 6) is 0.853. The van der Waals surface area contributed by atoms with E-state index in [0.717, 1.165) is 18.7 Å². The van der Waals surface area contributed by atoms with Gasteiger partial charge in [0.25, 0.3) is 0 Å². The lowest BCUT2D eigenvalue weighted by Gasteiger charge is -2.10. The van der Waals surface area contributed by atoms with Crippen molar-refractivity contribution in [2.45, 2.75) is 19.3 Å². The van der Waals surface area contributed by atoms with Crippen LogP contribution in [0, 0.1) is 0 Å². The van der Waals surface area contributed by atoms with E-state index in [1.165, 1.54) is 25.7 Å². The molecule has 0 aromatic heterocycles. The number of nitrogens with two attached hydrogens (primary N) is 1. The molecule has 0 amide bonds. The van der Waals surface area contributed by atoms with Gasteiger partial charge in [0.15, 0.2) is 0 Å². The molecule has 0 saturated carbocycles. The molecule has 5 heteroatoms. The van der Waals surface area contributed by atoms with Gasteiger partial charge < -0.3 is 15.8 Å². The molecule has 0 aliphatic carbocycles. The van der Waals surface area contributed by atoms with E-state index in [-0.39, 0.29) is 5.97 Å². The standard InChI is InChI=1S/C14H22N2O2S/c1-18-14(17)11-6-7-13(12(15)10-11)16-8-4-3-5-9-19-2/h6-7,10,16H,3-5,8-9,15H2,1-2H3. The largest absolute Gasteiger partial charge is 0.465 e. The van der Waals surface area contributed by atoms with Crippen LogP contribution in [0.3, 0.4) is 0 Å². The molecule has 1 aromatic carbocycles. The van der Waals surface area contributed by atoms with Gasteiger partial charge in [0, 0.05) is 6.54 Å². The van der Waals surface area contributed by atoms with E-state index in [1.807, 2.05) is 17.8 Å². The molecule has 0 atom stereocenters. The van der Waals surface area contributed by atoms with Crippen LogP contribution in [0.1, 0.15) is 29.6 Å². The normalized spacial score (nSPS) is 10.2. The van der Waals surface area contributed by atoms with Crippen LogP contribution in [0.25, 0.3) is 0 Å². The molecule has 4 nitrogen and oxygen atoms in total. The molecule has 1 rings (SSSR count). The number of methoxy groups -OCH3 is 1. The SMILES string of the molecule is COC(=O)c1ccc(NCCCCCSC)c(N)c1. The molecule has 3 N–H and O–H groups in total. The third kappa shape index (κ3) is 5.42. The summed E-state index contributed by atoms with van der Waals surface area (Å²) in [5.41, 5.74) is 7.83. The Hall–Kier alpha value is -1.36. The topological polar surface area (TPSA) is 64.3 Å². The van der Waals surface area contributed by atoms with Gasteiger partial charge in [-0.1, -0.05) is 6.42 Å². The molecular formula is C14H22N2O2S. The number of carbonyl (C=O) groups is 1. The predicted molar refractivity (Wildman–Crippen MR) is 82.9 cm³/mol. The summed E-state index contributed by atoms with van der Waals surface area (Å²) in [4.78, 5) is 11.3. The van der Waals surface area contributed by atoms with E-state index >= 15 is 0 Å². The quantitative estimate of drug-likeness (QED) is 0.436. The molecule has 0 radical (unpaired) electrons. The minimum Gasteiger partial charge on any atom is -0.465 e. The molecule has 0 saturated heterocycles. The second kappa shape index (κ2) is 8.69. The van der Waals surface area contributed by atoms with Crippen molar-refractivity contribution < 1.29 is 9.53 Å². The zero-order valence-corrected chi connectivity index (χ0v) is 12.4. The van der Waals surface area contributed by atoms with Crippen molar-refractivity contribution in [3.8, 4) is 0 Å². The molecule has 0 spiro atoms. The molecule has 106 valence electrons. The molecule has 0 heterocycles. The average molecular weight is 282 g/mol. The van der Waals surface area contributed by atoms with Crippen molar-refractivity contribution in [3.05, 3.63) is 23.8 Å². The number of hydrogen-bond donors (Lipinski definition) is 2. The third-order valence-corrected chi connectivity index (χ3v) is 3.51. The van der Waals surface area contributed by atoms with Gasteiger partial charge in [0.1, 0.15) is 0 Å². The summed E-state index contributed by atoms with van der Waals surface area (Å²) in [6.07, 6.45) is 5.72. The number of esters is 1. The number of thioether (sulfide) groups is 1. The molecule has 1 aromatic rings. The number of ether oxygens (including phenoxy) is 1. The number of nitrogen functional groups attached to an aromatic ring is 1. The Kier molecular flexibility index (Phi) is 7.18. The van der Waals surface area contributed by atoms with Gasteiger partial charge in [-0.05, 0) is 43.0 Å². The van der Waals surface area contributed by atoms with Crippen molar-refractivity contribution in [1.82, 2.24) is 0 Å². The number of nitrogens with one attached hydrogen (secondary N) is 1. The molecule has 0 bridgehead atoms. The number of benzene rings is 1. The Morgan fingerprint density at radius 2 is 2.16 bits per heavy atom. The monoisotopic (exact) mass is 282 g/mol. The molecule has 0 aliphatic rings. The van der Waals surface area contributed by atoms with Gasteiger partial charge in [-0.25, -0.2) is 4.79 Å². The highest BCUT2D eigenvalue weighted by atomic mass is 32.2. The van der Waals surface area contributed by atoms with E-state index in [1.54, 1.807) is 12.1 Å². The molecular weight excluding hydrogens is 260 g/mol. The highest BCUT2D eigenvalue weighted by molar-refractivity contribution is 7.98. The van der Waals surface area contributed by atoms with Gasteiger partial charge in [-0.2, -0.15) is 11.8 Å². The molecule has 0 fully saturated rings. The summed E-state index contributed by atoms with van der Waals surface area (Å²) in [5, 5.41) is 3.29. The van der Waals surface area contributed by atoms with Gasteiger partial charge >= 0.3 is 5.97 Å². The summed E-state index contributed by atoms with van der Waals surface area (Å²) in [7, 11) is 1.36. The zero-order chi connectivity index (χ0) is 14.1. The molecule has 0 unspecified atom stereocenters. The summed E-state index contributed by atoms with van der Waals surface area (Å²) in [6.45, 7) is 0.899. The van der Waals surface area contributed by atoms with Crippen molar-refractivity contribution >= 4 is 29.1 Å². The Labute approximate surface area is 119 Å². The average Bonchev–Trinajstić information content (AvgIpc) is 2.43. The summed E-state index contributed by atoms with van der Waals surface area (Å²) < 4.78 is 4.65. The molecule has 19 heavy (non-hydrogen) atoms. The maximum Gasteiger partial charge on any atom is 0.337 e. The van der Waals surface area contributed by atoms with E-state index < -0.39 is 0 Å². The van der Waals surface area contributed by atoms with Crippen LogP contribution in [-0.4, -0.2) is 31.6 Å². The number of rotatable bonds is 8. The van der Waals surface area contributed by atoms with Crippen molar-refractivity contribution in [2.24, 2.45) is 0 Å². The first-order valence-corrected chi connectivity index (χ1v) is 7.79. The first-order valence-electron chi connectivity index (χ1n) is 6.39. The second-order valence-corrected chi connectivity index (χ2v) is 5.26. The first kappa shape index (κ1) is 15.7. The summed E-state index contributed by atoms with van der Waals surface area (Å²) >= 11 is 1.88. The van der Waals surface area contributed by atoms with Gasteiger partial charge in [-0.3, -0.25) is 0 Å². The maximum absolute atomic E-state index is 11.3. The first-order chi connectivity index (χ1) is 9.19. The Morgan fingerprint density at radius 3 is 2.79 bits per heavy atom. The van der Waals surface area contributed by atoms with Crippen LogP contribution in [0.2, 0.25) is 0 Å². The van der Waals surface area contributed by atoms with Gasteiger partial charge in [0.2, 0.25) is 0 Å². The van der Waals surface area contributed by atoms with Crippen LogP contribution in [0.15, 0.2) is 18.2 Å². The van der Waals surface area contributed by atoms with Crippen LogP contribution in [-0.2, 0) is 4.74 Å². The van der Waals surface area contributed by atoms with E-state index in [2.05, 4.69) is 16.3 Å². The maximum atomic E-state index is 11.3. The summed E-state index contributed by atoms with van der Waals surface area (Å²) in [6, 6.07) is 5.18. The van der Waals surface area contributed by atoms with E-state index in [9.17, 15) is 4.79 Å². The second-order valence-electron chi connectivity index (χ2n) is 4.27. The number of hydrogen-bond acceptors (Lipinski definition) is 5.